The number of esters is 1. The molecule has 0 spiro atoms. The summed E-state index contributed by atoms with van der Waals surface area (Å²) in [6, 6.07) is 17.8. The van der Waals surface area contributed by atoms with Gasteiger partial charge in [0.1, 0.15) is 6.04 Å². The zero-order chi connectivity index (χ0) is 17.6. The van der Waals surface area contributed by atoms with Crippen LogP contribution in [0.1, 0.15) is 15.9 Å². The molecule has 0 aliphatic carbocycles. The summed E-state index contributed by atoms with van der Waals surface area (Å²) in [6.07, 6.45) is 2.00. The largest absolute Gasteiger partial charge is 0.467 e. The van der Waals surface area contributed by atoms with Gasteiger partial charge in [0, 0.05) is 18.0 Å². The average Bonchev–Trinajstić information content (AvgIpc) is 2.67. The molecule has 25 heavy (non-hydrogen) atoms. The molecule has 0 fully saturated rings. The summed E-state index contributed by atoms with van der Waals surface area (Å²) in [6.45, 7) is 0. The number of para-hydroxylation sites is 1. The summed E-state index contributed by atoms with van der Waals surface area (Å²) in [5, 5.41) is 3.64. The third-order valence-corrected chi connectivity index (χ3v) is 3.95. The summed E-state index contributed by atoms with van der Waals surface area (Å²) < 4.78 is 4.84. The summed E-state index contributed by atoms with van der Waals surface area (Å²) in [5.41, 5.74) is 1.97. The third kappa shape index (κ3) is 3.83. The zero-order valence-corrected chi connectivity index (χ0v) is 13.8. The van der Waals surface area contributed by atoms with E-state index in [2.05, 4.69) is 10.3 Å². The number of methoxy groups -OCH3 is 1. The summed E-state index contributed by atoms with van der Waals surface area (Å²) >= 11 is 0. The summed E-state index contributed by atoms with van der Waals surface area (Å²) in [7, 11) is 1.31. The van der Waals surface area contributed by atoms with Crippen molar-refractivity contribution in [3.63, 3.8) is 0 Å². The van der Waals surface area contributed by atoms with Gasteiger partial charge in [0.05, 0.1) is 18.2 Å². The number of nitrogens with one attached hydrogen (secondary N) is 1. The highest BCUT2D eigenvalue weighted by Crippen LogP contribution is 2.16. The number of carbonyl (C=O) groups excluding carboxylic acids is 2. The van der Waals surface area contributed by atoms with Crippen LogP contribution in [0.25, 0.3) is 10.9 Å². The molecule has 5 heteroatoms. The first-order chi connectivity index (χ1) is 12.2. The Balaban J connectivity index is 1.85. The second-order valence-corrected chi connectivity index (χ2v) is 5.62. The first-order valence-electron chi connectivity index (χ1n) is 7.95. The molecular weight excluding hydrogens is 316 g/mol. The van der Waals surface area contributed by atoms with Gasteiger partial charge in [-0.3, -0.25) is 9.78 Å². The predicted molar refractivity (Wildman–Crippen MR) is 95.2 cm³/mol. The molecule has 1 aromatic heterocycles. The minimum absolute atomic E-state index is 0.351. The van der Waals surface area contributed by atoms with Crippen molar-refractivity contribution in [3.8, 4) is 0 Å². The van der Waals surface area contributed by atoms with Crippen LogP contribution in [-0.2, 0) is 16.0 Å². The van der Waals surface area contributed by atoms with Gasteiger partial charge in [-0.1, -0.05) is 48.5 Å². The molecule has 0 saturated heterocycles. The number of pyridine rings is 1. The maximum atomic E-state index is 12.7. The number of nitrogens with zero attached hydrogens (tertiary/aromatic N) is 1. The highest BCUT2D eigenvalue weighted by molar-refractivity contribution is 6.06. The maximum absolute atomic E-state index is 12.7. The van der Waals surface area contributed by atoms with Gasteiger partial charge in [-0.25, -0.2) is 4.79 Å². The Morgan fingerprint density at radius 3 is 2.56 bits per heavy atom. The van der Waals surface area contributed by atoms with E-state index in [-0.39, 0.29) is 5.91 Å². The van der Waals surface area contributed by atoms with Crippen LogP contribution in [0.4, 0.5) is 0 Å². The standard InChI is InChI=1S/C20H18N2O3/c1-25-20(24)17(13-14-7-3-2-4-8-14)22-19(23)16-11-5-9-15-10-6-12-21-18(15)16/h2-12,17H,13H2,1H3,(H,22,23)/t17-/m1/s1. The maximum Gasteiger partial charge on any atom is 0.328 e. The lowest BCUT2D eigenvalue weighted by atomic mass is 10.0. The van der Waals surface area contributed by atoms with Crippen LogP contribution in [0.5, 0.6) is 0 Å². The molecule has 1 amide bonds. The SMILES string of the molecule is COC(=O)[C@@H](Cc1ccccc1)NC(=O)c1cccc2cccnc12. The molecule has 0 saturated carbocycles. The molecule has 126 valence electrons. The number of hydrogen-bond acceptors (Lipinski definition) is 4. The molecule has 1 atom stereocenters. The van der Waals surface area contributed by atoms with Gasteiger partial charge in [0.15, 0.2) is 0 Å². The molecular formula is C20H18N2O3. The van der Waals surface area contributed by atoms with Crippen molar-refractivity contribution in [1.82, 2.24) is 10.3 Å². The van der Waals surface area contributed by atoms with E-state index < -0.39 is 12.0 Å². The molecule has 1 N–H and O–H groups in total. The Bertz CT molecular complexity index is 888. The topological polar surface area (TPSA) is 68.3 Å². The number of benzene rings is 2. The van der Waals surface area contributed by atoms with E-state index in [4.69, 9.17) is 4.74 Å². The first kappa shape index (κ1) is 16.6. The van der Waals surface area contributed by atoms with Crippen molar-refractivity contribution < 1.29 is 14.3 Å². The van der Waals surface area contributed by atoms with Crippen LogP contribution in [0, 0.1) is 0 Å². The molecule has 2 aromatic carbocycles. The average molecular weight is 334 g/mol. The number of fused-ring (bicyclic) bond motifs is 1. The van der Waals surface area contributed by atoms with Gasteiger partial charge in [0.2, 0.25) is 0 Å². The van der Waals surface area contributed by atoms with E-state index >= 15 is 0 Å². The highest BCUT2D eigenvalue weighted by Gasteiger charge is 2.23. The normalized spacial score (nSPS) is 11.7. The van der Waals surface area contributed by atoms with Gasteiger partial charge in [-0.05, 0) is 17.7 Å². The second-order valence-electron chi connectivity index (χ2n) is 5.62. The fourth-order valence-corrected chi connectivity index (χ4v) is 2.71. The molecule has 1 heterocycles. The molecule has 0 radical (unpaired) electrons. The van der Waals surface area contributed by atoms with Gasteiger partial charge in [-0.2, -0.15) is 0 Å². The van der Waals surface area contributed by atoms with E-state index in [1.807, 2.05) is 48.5 Å². The lowest BCUT2D eigenvalue weighted by Gasteiger charge is -2.17. The molecule has 5 nitrogen and oxygen atoms in total. The van der Waals surface area contributed by atoms with Crippen LogP contribution >= 0.6 is 0 Å². The van der Waals surface area contributed by atoms with Crippen LogP contribution in [0.15, 0.2) is 66.9 Å². The zero-order valence-electron chi connectivity index (χ0n) is 13.8. The smallest absolute Gasteiger partial charge is 0.328 e. The number of carbonyl (C=O) groups is 2. The van der Waals surface area contributed by atoms with E-state index in [9.17, 15) is 9.59 Å². The Morgan fingerprint density at radius 1 is 1.04 bits per heavy atom. The molecule has 0 aliphatic rings. The quantitative estimate of drug-likeness (QED) is 0.729. The molecule has 0 bridgehead atoms. The van der Waals surface area contributed by atoms with Crippen molar-refractivity contribution in [2.45, 2.75) is 12.5 Å². The van der Waals surface area contributed by atoms with Gasteiger partial charge in [-0.15, -0.1) is 0 Å². The van der Waals surface area contributed by atoms with Gasteiger partial charge < -0.3 is 10.1 Å². The van der Waals surface area contributed by atoms with Crippen LogP contribution < -0.4 is 5.32 Å². The Morgan fingerprint density at radius 2 is 1.80 bits per heavy atom. The van der Waals surface area contributed by atoms with Crippen molar-refractivity contribution in [2.75, 3.05) is 7.11 Å². The van der Waals surface area contributed by atoms with Crippen molar-refractivity contribution in [3.05, 3.63) is 78.0 Å². The molecule has 0 unspecified atom stereocenters. The molecule has 0 aliphatic heterocycles. The van der Waals surface area contributed by atoms with E-state index in [1.165, 1.54) is 7.11 Å². The fourth-order valence-electron chi connectivity index (χ4n) is 2.71. The van der Waals surface area contributed by atoms with E-state index in [0.29, 0.717) is 17.5 Å². The number of amides is 1. The lowest BCUT2D eigenvalue weighted by Crippen LogP contribution is -2.43. The minimum Gasteiger partial charge on any atom is -0.467 e. The Hall–Kier alpha value is -3.21. The van der Waals surface area contributed by atoms with Crippen LogP contribution in [0.3, 0.4) is 0 Å². The number of ether oxygens (including phenoxy) is 1. The third-order valence-electron chi connectivity index (χ3n) is 3.95. The van der Waals surface area contributed by atoms with Crippen molar-refractivity contribution >= 4 is 22.8 Å². The van der Waals surface area contributed by atoms with E-state index in [0.717, 1.165) is 10.9 Å². The predicted octanol–water partition coefficient (Wildman–Crippen LogP) is 2.75. The number of rotatable bonds is 5. The first-order valence-corrected chi connectivity index (χ1v) is 7.95. The summed E-state index contributed by atoms with van der Waals surface area (Å²) in [4.78, 5) is 29.1. The van der Waals surface area contributed by atoms with Gasteiger partial charge >= 0.3 is 5.97 Å². The minimum atomic E-state index is -0.765. The summed E-state index contributed by atoms with van der Waals surface area (Å²) in [5.74, 6) is -0.832. The molecule has 3 aromatic rings. The van der Waals surface area contributed by atoms with Crippen molar-refractivity contribution in [2.24, 2.45) is 0 Å². The second kappa shape index (κ2) is 7.57. The fraction of sp³-hybridized carbons (Fsp3) is 0.150. The highest BCUT2D eigenvalue weighted by atomic mass is 16.5. The van der Waals surface area contributed by atoms with Crippen LogP contribution in [0.2, 0.25) is 0 Å². The molecule has 3 rings (SSSR count). The Labute approximate surface area is 145 Å². The number of hydrogen-bond donors (Lipinski definition) is 1. The van der Waals surface area contributed by atoms with E-state index in [1.54, 1.807) is 18.3 Å². The van der Waals surface area contributed by atoms with Crippen LogP contribution in [-0.4, -0.2) is 30.0 Å². The lowest BCUT2D eigenvalue weighted by molar-refractivity contribution is -0.142. The van der Waals surface area contributed by atoms with Crippen molar-refractivity contribution in [1.29, 1.82) is 0 Å². The Kier molecular flexibility index (Phi) is 5.04. The monoisotopic (exact) mass is 334 g/mol. The van der Waals surface area contributed by atoms with Gasteiger partial charge in [0.25, 0.3) is 5.91 Å². The number of aromatic nitrogens is 1.